The number of nitrogens with one attached hydrogen (secondary N) is 3. The van der Waals surface area contributed by atoms with Gasteiger partial charge in [0.2, 0.25) is 5.91 Å². The first-order chi connectivity index (χ1) is 13.4. The van der Waals surface area contributed by atoms with Gasteiger partial charge in [-0.05, 0) is 49.3 Å². The lowest BCUT2D eigenvalue weighted by molar-refractivity contribution is -0.120. The zero-order valence-electron chi connectivity index (χ0n) is 17.3. The SMILES string of the molecule is CCNC(=NCC(CCO)CC(C)C)NCCNC(=O)Cc1ccc(F)cc1. The highest BCUT2D eigenvalue weighted by Gasteiger charge is 2.10. The van der Waals surface area contributed by atoms with Crippen molar-refractivity contribution in [3.05, 3.63) is 35.6 Å². The van der Waals surface area contributed by atoms with Gasteiger partial charge in [0.25, 0.3) is 0 Å². The first-order valence-electron chi connectivity index (χ1n) is 10.1. The lowest BCUT2D eigenvalue weighted by Gasteiger charge is -2.17. The average Bonchev–Trinajstić information content (AvgIpc) is 2.64. The van der Waals surface area contributed by atoms with Gasteiger partial charge in [-0.25, -0.2) is 4.39 Å². The Morgan fingerprint density at radius 1 is 1.14 bits per heavy atom. The molecule has 0 aliphatic rings. The minimum Gasteiger partial charge on any atom is -0.396 e. The van der Waals surface area contributed by atoms with Gasteiger partial charge in [-0.2, -0.15) is 0 Å². The van der Waals surface area contributed by atoms with Gasteiger partial charge in [0.1, 0.15) is 5.82 Å². The van der Waals surface area contributed by atoms with Crippen LogP contribution < -0.4 is 16.0 Å². The zero-order valence-corrected chi connectivity index (χ0v) is 17.3. The van der Waals surface area contributed by atoms with Crippen molar-refractivity contribution in [2.24, 2.45) is 16.8 Å². The number of aliphatic imine (C=N–C) groups is 1. The van der Waals surface area contributed by atoms with Crippen molar-refractivity contribution in [1.82, 2.24) is 16.0 Å². The fraction of sp³-hybridized carbons (Fsp3) is 0.619. The first-order valence-corrected chi connectivity index (χ1v) is 10.1. The summed E-state index contributed by atoms with van der Waals surface area (Å²) >= 11 is 0. The van der Waals surface area contributed by atoms with Crippen LogP contribution in [0.5, 0.6) is 0 Å². The molecule has 7 heteroatoms. The molecule has 0 saturated heterocycles. The molecule has 28 heavy (non-hydrogen) atoms. The Labute approximate surface area is 168 Å². The van der Waals surface area contributed by atoms with Crippen LogP contribution in [-0.2, 0) is 11.2 Å². The number of amides is 1. The van der Waals surface area contributed by atoms with Crippen LogP contribution in [0.2, 0.25) is 0 Å². The van der Waals surface area contributed by atoms with E-state index in [1.54, 1.807) is 12.1 Å². The molecule has 0 fully saturated rings. The fourth-order valence-corrected chi connectivity index (χ4v) is 2.93. The van der Waals surface area contributed by atoms with Crippen LogP contribution >= 0.6 is 0 Å². The van der Waals surface area contributed by atoms with Crippen molar-refractivity contribution in [1.29, 1.82) is 0 Å². The molecule has 0 aliphatic heterocycles. The first kappa shape index (κ1) is 23.9. The summed E-state index contributed by atoms with van der Waals surface area (Å²) in [6, 6.07) is 5.94. The van der Waals surface area contributed by atoms with E-state index in [9.17, 15) is 14.3 Å². The number of carbonyl (C=O) groups excluding carboxylic acids is 1. The Balaban J connectivity index is 2.38. The summed E-state index contributed by atoms with van der Waals surface area (Å²) in [4.78, 5) is 16.6. The van der Waals surface area contributed by atoms with Crippen LogP contribution in [0.3, 0.4) is 0 Å². The monoisotopic (exact) mass is 394 g/mol. The summed E-state index contributed by atoms with van der Waals surface area (Å²) in [7, 11) is 0. The highest BCUT2D eigenvalue weighted by Crippen LogP contribution is 2.15. The maximum absolute atomic E-state index is 12.9. The normalized spacial score (nSPS) is 12.7. The minimum atomic E-state index is -0.307. The van der Waals surface area contributed by atoms with Gasteiger partial charge in [0.15, 0.2) is 5.96 Å². The largest absolute Gasteiger partial charge is 0.396 e. The number of hydrogen-bond donors (Lipinski definition) is 4. The zero-order chi connectivity index (χ0) is 20.8. The summed E-state index contributed by atoms with van der Waals surface area (Å²) in [6.07, 6.45) is 2.01. The molecule has 1 aromatic rings. The molecule has 4 N–H and O–H groups in total. The van der Waals surface area contributed by atoms with E-state index in [-0.39, 0.29) is 24.8 Å². The molecule has 0 aliphatic carbocycles. The Morgan fingerprint density at radius 3 is 2.43 bits per heavy atom. The van der Waals surface area contributed by atoms with Crippen molar-refractivity contribution in [2.45, 2.75) is 40.0 Å². The molecular weight excluding hydrogens is 359 g/mol. The second-order valence-corrected chi connectivity index (χ2v) is 7.31. The molecule has 0 radical (unpaired) electrons. The Kier molecular flexibility index (Phi) is 11.9. The molecule has 6 nitrogen and oxygen atoms in total. The Hall–Kier alpha value is -2.15. The van der Waals surface area contributed by atoms with Crippen LogP contribution in [0, 0.1) is 17.7 Å². The van der Waals surface area contributed by atoms with Gasteiger partial charge in [-0.15, -0.1) is 0 Å². The van der Waals surface area contributed by atoms with Crippen molar-refractivity contribution >= 4 is 11.9 Å². The summed E-state index contributed by atoms with van der Waals surface area (Å²) in [5.74, 6) is 1.23. The van der Waals surface area contributed by atoms with E-state index < -0.39 is 0 Å². The van der Waals surface area contributed by atoms with E-state index in [0.717, 1.165) is 24.9 Å². The number of benzene rings is 1. The van der Waals surface area contributed by atoms with E-state index in [0.29, 0.717) is 37.4 Å². The molecule has 0 heterocycles. The van der Waals surface area contributed by atoms with Crippen molar-refractivity contribution in [3.8, 4) is 0 Å². The lowest BCUT2D eigenvalue weighted by Crippen LogP contribution is -2.42. The minimum absolute atomic E-state index is 0.102. The van der Waals surface area contributed by atoms with E-state index in [2.05, 4.69) is 34.8 Å². The number of rotatable bonds is 12. The average molecular weight is 395 g/mol. The summed E-state index contributed by atoms with van der Waals surface area (Å²) < 4.78 is 12.9. The third-order valence-corrected chi connectivity index (χ3v) is 4.21. The number of carbonyl (C=O) groups is 1. The smallest absolute Gasteiger partial charge is 0.224 e. The van der Waals surface area contributed by atoms with E-state index in [1.807, 2.05) is 6.92 Å². The van der Waals surface area contributed by atoms with Gasteiger partial charge < -0.3 is 21.1 Å². The molecule has 1 aromatic carbocycles. The topological polar surface area (TPSA) is 85.8 Å². The maximum atomic E-state index is 12.9. The molecule has 1 unspecified atom stereocenters. The fourth-order valence-electron chi connectivity index (χ4n) is 2.93. The Bertz CT molecular complexity index is 591. The molecule has 0 saturated carbocycles. The van der Waals surface area contributed by atoms with Gasteiger partial charge >= 0.3 is 0 Å². The van der Waals surface area contributed by atoms with Crippen molar-refractivity contribution in [3.63, 3.8) is 0 Å². The molecule has 0 spiro atoms. The number of hydrogen-bond acceptors (Lipinski definition) is 3. The number of aliphatic hydroxyl groups is 1. The van der Waals surface area contributed by atoms with Gasteiger partial charge in [0.05, 0.1) is 6.42 Å². The van der Waals surface area contributed by atoms with Gasteiger partial charge in [-0.3, -0.25) is 9.79 Å². The van der Waals surface area contributed by atoms with Crippen molar-refractivity contribution < 1.29 is 14.3 Å². The second-order valence-electron chi connectivity index (χ2n) is 7.31. The molecule has 1 amide bonds. The molecule has 1 atom stereocenters. The van der Waals surface area contributed by atoms with Gasteiger partial charge in [-0.1, -0.05) is 26.0 Å². The third kappa shape index (κ3) is 10.9. The number of halogens is 1. The molecular formula is C21H35FN4O2. The van der Waals surface area contributed by atoms with Crippen LogP contribution in [0.4, 0.5) is 4.39 Å². The number of nitrogens with zero attached hydrogens (tertiary/aromatic N) is 1. The standard InChI is InChI=1S/C21H35FN4O2/c1-4-23-21(26-15-18(9-12-27)13-16(2)3)25-11-10-24-20(28)14-17-5-7-19(22)8-6-17/h5-8,16,18,27H,4,9-15H2,1-3H3,(H,24,28)(H2,23,25,26). The molecule has 0 aromatic heterocycles. The predicted molar refractivity (Wildman–Crippen MR) is 112 cm³/mol. The number of guanidine groups is 1. The van der Waals surface area contributed by atoms with Crippen molar-refractivity contribution in [2.75, 3.05) is 32.8 Å². The number of aliphatic hydroxyl groups excluding tert-OH is 1. The molecule has 1 rings (SSSR count). The quantitative estimate of drug-likeness (QED) is 0.248. The van der Waals surface area contributed by atoms with Gasteiger partial charge in [0, 0.05) is 32.8 Å². The highest BCUT2D eigenvalue weighted by atomic mass is 19.1. The second kappa shape index (κ2) is 13.9. The molecule has 0 bridgehead atoms. The third-order valence-electron chi connectivity index (χ3n) is 4.21. The summed E-state index contributed by atoms with van der Waals surface area (Å²) in [5.41, 5.74) is 0.779. The van der Waals surface area contributed by atoms with Crippen LogP contribution in [0.15, 0.2) is 29.3 Å². The molecule has 158 valence electrons. The summed E-state index contributed by atoms with van der Waals surface area (Å²) in [6.45, 7) is 8.95. The van der Waals surface area contributed by atoms with Crippen LogP contribution in [-0.4, -0.2) is 49.8 Å². The van der Waals surface area contributed by atoms with E-state index >= 15 is 0 Å². The van der Waals surface area contributed by atoms with E-state index in [4.69, 9.17) is 0 Å². The summed E-state index contributed by atoms with van der Waals surface area (Å²) in [5, 5.41) is 18.5. The van der Waals surface area contributed by atoms with Crippen LogP contribution in [0.1, 0.15) is 39.2 Å². The van der Waals surface area contributed by atoms with Crippen LogP contribution in [0.25, 0.3) is 0 Å². The van der Waals surface area contributed by atoms with E-state index in [1.165, 1.54) is 12.1 Å². The predicted octanol–water partition coefficient (Wildman–Crippen LogP) is 2.08. The lowest BCUT2D eigenvalue weighted by atomic mass is 9.94. The Morgan fingerprint density at radius 2 is 1.82 bits per heavy atom. The maximum Gasteiger partial charge on any atom is 0.224 e. The highest BCUT2D eigenvalue weighted by molar-refractivity contribution is 5.80.